The molecule has 0 aliphatic carbocycles. The van der Waals surface area contributed by atoms with E-state index in [0.717, 1.165) is 9.13 Å². The Morgan fingerprint density at radius 1 is 1.46 bits per heavy atom. The van der Waals surface area contributed by atoms with Gasteiger partial charge >= 0.3 is 0 Å². The summed E-state index contributed by atoms with van der Waals surface area (Å²) in [6, 6.07) is 7.77. The Bertz CT molecular complexity index is 385. The zero-order valence-corrected chi connectivity index (χ0v) is 8.99. The van der Waals surface area contributed by atoms with Crippen LogP contribution in [0.5, 0.6) is 0 Å². The van der Waals surface area contributed by atoms with Crippen molar-refractivity contribution in [3.05, 3.63) is 39.5 Å². The van der Waals surface area contributed by atoms with Gasteiger partial charge in [0, 0.05) is 3.57 Å². The van der Waals surface area contributed by atoms with Gasteiger partial charge in [-0.05, 0) is 52.3 Å². The minimum atomic E-state index is -0.306. The van der Waals surface area contributed by atoms with E-state index in [9.17, 15) is 4.79 Å². The van der Waals surface area contributed by atoms with Crippen molar-refractivity contribution >= 4 is 34.5 Å². The van der Waals surface area contributed by atoms with Gasteiger partial charge in [0.25, 0.3) is 0 Å². The highest BCUT2D eigenvalue weighted by Crippen LogP contribution is 2.12. The minimum Gasteiger partial charge on any atom is -0.280 e. The molecule has 0 unspecified atom stereocenters. The molecule has 0 heterocycles. The number of allylic oxidation sites excluding steroid dienone is 1. The highest BCUT2D eigenvalue weighted by Gasteiger charge is 1.93. The molecule has 0 radical (unpaired) electrons. The van der Waals surface area contributed by atoms with E-state index in [1.807, 2.05) is 30.2 Å². The van der Waals surface area contributed by atoms with Gasteiger partial charge in [-0.2, -0.15) is 0 Å². The number of hydrogen-bond acceptors (Lipinski definition) is 1. The molecular formula is C11H7IO. The van der Waals surface area contributed by atoms with Crippen LogP contribution in [0.2, 0.25) is 0 Å². The van der Waals surface area contributed by atoms with Gasteiger partial charge in [0.2, 0.25) is 5.78 Å². The van der Waals surface area contributed by atoms with E-state index < -0.39 is 0 Å². The van der Waals surface area contributed by atoms with Gasteiger partial charge in [-0.15, -0.1) is 6.42 Å². The van der Waals surface area contributed by atoms with E-state index >= 15 is 0 Å². The highest BCUT2D eigenvalue weighted by molar-refractivity contribution is 14.1. The Morgan fingerprint density at radius 2 is 2.15 bits per heavy atom. The molecule has 0 amide bonds. The average Bonchev–Trinajstić information content (AvgIpc) is 2.16. The molecular weight excluding hydrogens is 275 g/mol. The maximum absolute atomic E-state index is 10.8. The van der Waals surface area contributed by atoms with Gasteiger partial charge in [-0.25, -0.2) is 0 Å². The summed E-state index contributed by atoms with van der Waals surface area (Å²) in [6.07, 6.45) is 8.05. The van der Waals surface area contributed by atoms with Crippen LogP contribution in [0.1, 0.15) is 5.56 Å². The molecule has 0 atom stereocenters. The van der Waals surface area contributed by atoms with Gasteiger partial charge in [0.15, 0.2) is 0 Å². The van der Waals surface area contributed by atoms with E-state index in [4.69, 9.17) is 6.42 Å². The van der Waals surface area contributed by atoms with Crippen LogP contribution in [0.15, 0.2) is 30.3 Å². The molecule has 0 saturated carbocycles. The van der Waals surface area contributed by atoms with Crippen LogP contribution < -0.4 is 0 Å². The van der Waals surface area contributed by atoms with Gasteiger partial charge in [-0.1, -0.05) is 18.2 Å². The highest BCUT2D eigenvalue weighted by atomic mass is 127. The second-order valence-electron chi connectivity index (χ2n) is 2.36. The summed E-state index contributed by atoms with van der Waals surface area (Å²) in [4.78, 5) is 10.8. The fourth-order valence-corrected chi connectivity index (χ4v) is 1.39. The molecule has 64 valence electrons. The number of carbonyl (C=O) groups excluding carboxylic acids is 1. The van der Waals surface area contributed by atoms with Crippen molar-refractivity contribution in [2.45, 2.75) is 0 Å². The van der Waals surface area contributed by atoms with E-state index in [1.165, 1.54) is 6.08 Å². The second-order valence-corrected chi connectivity index (χ2v) is 3.53. The standard InChI is InChI=1S/C11H7IO/c1-2-10(13)8-7-9-5-3-4-6-11(9)12/h1,3-8H/b8-7+. The number of halogens is 1. The van der Waals surface area contributed by atoms with Crippen LogP contribution in [-0.2, 0) is 4.79 Å². The van der Waals surface area contributed by atoms with E-state index in [-0.39, 0.29) is 5.78 Å². The Hall–Kier alpha value is -1.08. The van der Waals surface area contributed by atoms with E-state index in [0.29, 0.717) is 0 Å². The first-order chi connectivity index (χ1) is 6.24. The van der Waals surface area contributed by atoms with E-state index in [2.05, 4.69) is 22.6 Å². The van der Waals surface area contributed by atoms with Crippen LogP contribution in [0.4, 0.5) is 0 Å². The molecule has 1 aromatic carbocycles. The zero-order valence-electron chi connectivity index (χ0n) is 6.83. The second kappa shape index (κ2) is 4.83. The predicted octanol–water partition coefficient (Wildman–Crippen LogP) is 2.51. The number of hydrogen-bond donors (Lipinski definition) is 0. The fourth-order valence-electron chi connectivity index (χ4n) is 0.824. The van der Waals surface area contributed by atoms with Crippen LogP contribution >= 0.6 is 22.6 Å². The summed E-state index contributed by atoms with van der Waals surface area (Å²) in [5, 5.41) is 0. The van der Waals surface area contributed by atoms with Crippen molar-refractivity contribution in [2.24, 2.45) is 0 Å². The fraction of sp³-hybridized carbons (Fsp3) is 0. The molecule has 1 nitrogen and oxygen atoms in total. The minimum absolute atomic E-state index is 0.306. The average molecular weight is 282 g/mol. The molecule has 0 aliphatic rings. The lowest BCUT2D eigenvalue weighted by atomic mass is 10.2. The van der Waals surface area contributed by atoms with Gasteiger partial charge < -0.3 is 0 Å². The normalized spacial score (nSPS) is 9.85. The predicted molar refractivity (Wildman–Crippen MR) is 62.0 cm³/mol. The molecule has 0 fully saturated rings. The van der Waals surface area contributed by atoms with Gasteiger partial charge in [0.05, 0.1) is 0 Å². The van der Waals surface area contributed by atoms with Crippen molar-refractivity contribution in [1.29, 1.82) is 0 Å². The molecule has 0 saturated heterocycles. The molecule has 13 heavy (non-hydrogen) atoms. The smallest absolute Gasteiger partial charge is 0.228 e. The third-order valence-electron chi connectivity index (χ3n) is 1.46. The van der Waals surface area contributed by atoms with Crippen LogP contribution in [0, 0.1) is 15.9 Å². The molecule has 0 aliphatic heterocycles. The number of benzene rings is 1. The lowest BCUT2D eigenvalue weighted by Gasteiger charge is -1.94. The quantitative estimate of drug-likeness (QED) is 0.352. The number of carbonyl (C=O) groups is 1. The van der Waals surface area contributed by atoms with Crippen LogP contribution in [-0.4, -0.2) is 5.78 Å². The topological polar surface area (TPSA) is 17.1 Å². The summed E-state index contributed by atoms with van der Waals surface area (Å²) in [5.74, 6) is 1.72. The lowest BCUT2D eigenvalue weighted by molar-refractivity contribution is -0.109. The SMILES string of the molecule is C#CC(=O)/C=C/c1ccccc1I. The van der Waals surface area contributed by atoms with Crippen molar-refractivity contribution in [3.63, 3.8) is 0 Å². The molecule has 0 bridgehead atoms. The molecule has 0 aromatic heterocycles. The van der Waals surface area contributed by atoms with Crippen molar-refractivity contribution in [2.75, 3.05) is 0 Å². The molecule has 1 rings (SSSR count). The maximum atomic E-state index is 10.8. The monoisotopic (exact) mass is 282 g/mol. The molecule has 0 N–H and O–H groups in total. The molecule has 1 aromatic rings. The van der Waals surface area contributed by atoms with Gasteiger partial charge in [-0.3, -0.25) is 4.79 Å². The van der Waals surface area contributed by atoms with Crippen molar-refractivity contribution in [1.82, 2.24) is 0 Å². The first kappa shape index (κ1) is 10.0. The van der Waals surface area contributed by atoms with Crippen LogP contribution in [0.25, 0.3) is 6.08 Å². The Labute approximate surface area is 91.0 Å². The summed E-state index contributed by atoms with van der Waals surface area (Å²) in [5.41, 5.74) is 1.01. The van der Waals surface area contributed by atoms with E-state index in [1.54, 1.807) is 6.08 Å². The Morgan fingerprint density at radius 3 is 2.77 bits per heavy atom. The first-order valence-electron chi connectivity index (χ1n) is 3.67. The third kappa shape index (κ3) is 3.03. The Kier molecular flexibility index (Phi) is 3.71. The largest absolute Gasteiger partial charge is 0.280 e. The molecule has 0 spiro atoms. The molecule has 2 heteroatoms. The first-order valence-corrected chi connectivity index (χ1v) is 4.75. The number of rotatable bonds is 2. The summed E-state index contributed by atoms with van der Waals surface area (Å²) < 4.78 is 1.10. The third-order valence-corrected chi connectivity index (χ3v) is 2.44. The summed E-state index contributed by atoms with van der Waals surface area (Å²) >= 11 is 2.21. The van der Waals surface area contributed by atoms with Crippen molar-refractivity contribution < 1.29 is 4.79 Å². The van der Waals surface area contributed by atoms with Crippen LogP contribution in [0.3, 0.4) is 0 Å². The van der Waals surface area contributed by atoms with Gasteiger partial charge in [0.1, 0.15) is 0 Å². The summed E-state index contributed by atoms with van der Waals surface area (Å²) in [6.45, 7) is 0. The van der Waals surface area contributed by atoms with Crippen molar-refractivity contribution in [3.8, 4) is 12.3 Å². The number of ketones is 1. The lowest BCUT2D eigenvalue weighted by Crippen LogP contribution is -1.85. The Balaban J connectivity index is 2.87. The summed E-state index contributed by atoms with van der Waals surface area (Å²) in [7, 11) is 0. The maximum Gasteiger partial charge on any atom is 0.228 e. The number of terminal acetylenes is 1. The zero-order chi connectivity index (χ0) is 9.68.